The second kappa shape index (κ2) is 6.87. The van der Waals surface area contributed by atoms with Crippen LogP contribution in [0.15, 0.2) is 45.5 Å². The highest BCUT2D eigenvalue weighted by Gasteiger charge is 2.17. The van der Waals surface area contributed by atoms with Gasteiger partial charge in [0.05, 0.1) is 17.9 Å². The molecule has 5 nitrogen and oxygen atoms in total. The van der Waals surface area contributed by atoms with E-state index in [1.807, 2.05) is 57.2 Å². The van der Waals surface area contributed by atoms with E-state index in [9.17, 15) is 4.79 Å². The van der Waals surface area contributed by atoms with Gasteiger partial charge in [0.1, 0.15) is 11.4 Å². The van der Waals surface area contributed by atoms with Crippen LogP contribution in [0.1, 0.15) is 26.5 Å². The fourth-order valence-electron chi connectivity index (χ4n) is 1.79. The van der Waals surface area contributed by atoms with E-state index in [1.165, 1.54) is 0 Å². The number of benzene rings is 1. The van der Waals surface area contributed by atoms with Crippen LogP contribution in [-0.2, 0) is 11.3 Å². The maximum Gasteiger partial charge on any atom is 0.412 e. The molecule has 6 heteroatoms. The summed E-state index contributed by atoms with van der Waals surface area (Å²) in [6, 6.07) is 11.1. The van der Waals surface area contributed by atoms with E-state index in [2.05, 4.69) is 26.6 Å². The Labute approximate surface area is 138 Å². The summed E-state index contributed by atoms with van der Waals surface area (Å²) in [5, 5.41) is 5.97. The van der Waals surface area contributed by atoms with Gasteiger partial charge in [-0.3, -0.25) is 5.32 Å². The van der Waals surface area contributed by atoms with E-state index in [4.69, 9.17) is 9.15 Å². The van der Waals surface area contributed by atoms with Gasteiger partial charge >= 0.3 is 6.09 Å². The van der Waals surface area contributed by atoms with Crippen molar-refractivity contribution in [2.75, 3.05) is 10.6 Å². The summed E-state index contributed by atoms with van der Waals surface area (Å²) in [5.41, 5.74) is 0.913. The molecule has 0 spiro atoms. The first-order chi connectivity index (χ1) is 10.3. The molecule has 0 bridgehead atoms. The van der Waals surface area contributed by atoms with Gasteiger partial charge < -0.3 is 14.5 Å². The lowest BCUT2D eigenvalue weighted by Gasteiger charge is -2.20. The first-order valence-electron chi connectivity index (χ1n) is 6.90. The van der Waals surface area contributed by atoms with E-state index in [1.54, 1.807) is 0 Å². The molecular formula is C16H19BrN2O3. The topological polar surface area (TPSA) is 63.5 Å². The molecule has 0 aliphatic rings. The number of carbonyl (C=O) groups excluding carboxylic acids is 1. The zero-order valence-electron chi connectivity index (χ0n) is 12.8. The van der Waals surface area contributed by atoms with Gasteiger partial charge in [0.25, 0.3) is 0 Å². The lowest BCUT2D eigenvalue weighted by Crippen LogP contribution is -2.27. The molecular weight excluding hydrogens is 348 g/mol. The maximum absolute atomic E-state index is 11.9. The summed E-state index contributed by atoms with van der Waals surface area (Å²) in [6.07, 6.45) is -0.484. The van der Waals surface area contributed by atoms with Gasteiger partial charge in [-0.1, -0.05) is 12.1 Å². The number of nitrogens with one attached hydrogen (secondary N) is 2. The smallest absolute Gasteiger partial charge is 0.412 e. The lowest BCUT2D eigenvalue weighted by atomic mass is 10.2. The quantitative estimate of drug-likeness (QED) is 0.798. The molecule has 0 aliphatic carbocycles. The van der Waals surface area contributed by atoms with Crippen molar-refractivity contribution in [3.05, 3.63) is 46.8 Å². The Hall–Kier alpha value is -1.95. The Morgan fingerprint density at radius 2 is 1.86 bits per heavy atom. The highest BCUT2D eigenvalue weighted by Crippen LogP contribution is 2.23. The molecule has 118 valence electrons. The molecule has 0 aliphatic heterocycles. The zero-order chi connectivity index (χ0) is 16.2. The summed E-state index contributed by atoms with van der Waals surface area (Å²) < 4.78 is 11.4. The number of hydrogen-bond acceptors (Lipinski definition) is 4. The fourth-order valence-corrected chi connectivity index (χ4v) is 2.13. The Morgan fingerprint density at radius 1 is 1.18 bits per heavy atom. The largest absolute Gasteiger partial charge is 0.452 e. The van der Waals surface area contributed by atoms with E-state index >= 15 is 0 Å². The molecule has 0 radical (unpaired) electrons. The Balaban J connectivity index is 2.01. The maximum atomic E-state index is 11.9. The number of rotatable bonds is 4. The molecule has 22 heavy (non-hydrogen) atoms. The minimum atomic E-state index is -0.535. The summed E-state index contributed by atoms with van der Waals surface area (Å²) >= 11 is 3.27. The molecule has 0 unspecified atom stereocenters. The second-order valence-corrected chi connectivity index (χ2v) is 6.51. The summed E-state index contributed by atoms with van der Waals surface area (Å²) in [4.78, 5) is 11.9. The number of ether oxygens (including phenoxy) is 1. The number of furan rings is 1. The Kier molecular flexibility index (Phi) is 5.13. The molecule has 2 rings (SSSR count). The number of hydrogen-bond donors (Lipinski definition) is 2. The van der Waals surface area contributed by atoms with Crippen molar-refractivity contribution in [2.24, 2.45) is 0 Å². The first kappa shape index (κ1) is 16.4. The predicted molar refractivity (Wildman–Crippen MR) is 90.0 cm³/mol. The van der Waals surface area contributed by atoms with Crippen LogP contribution in [-0.4, -0.2) is 11.7 Å². The van der Waals surface area contributed by atoms with E-state index < -0.39 is 11.7 Å². The number of halogens is 1. The number of para-hydroxylation sites is 2. The van der Waals surface area contributed by atoms with Crippen molar-refractivity contribution < 1.29 is 13.9 Å². The van der Waals surface area contributed by atoms with Gasteiger partial charge in [0, 0.05) is 0 Å². The molecule has 1 aromatic carbocycles. The molecule has 2 aromatic rings. The molecule has 2 N–H and O–H groups in total. The third kappa shape index (κ3) is 5.11. The molecule has 1 heterocycles. The molecule has 0 saturated heterocycles. The van der Waals surface area contributed by atoms with E-state index in [0.29, 0.717) is 16.9 Å². The van der Waals surface area contributed by atoms with Crippen molar-refractivity contribution in [3.8, 4) is 0 Å². The minimum Gasteiger partial charge on any atom is -0.452 e. The third-order valence-corrected chi connectivity index (χ3v) is 3.07. The van der Waals surface area contributed by atoms with Gasteiger partial charge in [0.2, 0.25) is 0 Å². The van der Waals surface area contributed by atoms with Crippen LogP contribution in [0, 0.1) is 0 Å². The van der Waals surface area contributed by atoms with Crippen LogP contribution >= 0.6 is 15.9 Å². The highest BCUT2D eigenvalue weighted by atomic mass is 79.9. The predicted octanol–water partition coefficient (Wildman–Crippen LogP) is 5.00. The molecule has 0 fully saturated rings. The van der Waals surface area contributed by atoms with E-state index in [-0.39, 0.29) is 0 Å². The van der Waals surface area contributed by atoms with Crippen molar-refractivity contribution >= 4 is 33.4 Å². The fraction of sp³-hybridized carbons (Fsp3) is 0.312. The number of amides is 1. The minimum absolute atomic E-state index is 0.484. The highest BCUT2D eigenvalue weighted by molar-refractivity contribution is 9.10. The Morgan fingerprint density at radius 3 is 2.45 bits per heavy atom. The second-order valence-electron chi connectivity index (χ2n) is 5.73. The first-order valence-corrected chi connectivity index (χ1v) is 7.70. The average molecular weight is 367 g/mol. The van der Waals surface area contributed by atoms with Crippen molar-refractivity contribution in [2.45, 2.75) is 32.9 Å². The number of anilines is 2. The van der Waals surface area contributed by atoms with Crippen LogP contribution in [0.5, 0.6) is 0 Å². The Bertz CT molecular complexity index is 647. The molecule has 0 atom stereocenters. The SMILES string of the molecule is CC(C)(C)OC(=O)Nc1ccccc1NCc1ccc(Br)o1. The zero-order valence-corrected chi connectivity index (χ0v) is 14.4. The van der Waals surface area contributed by atoms with Gasteiger partial charge in [0.15, 0.2) is 4.67 Å². The van der Waals surface area contributed by atoms with Gasteiger partial charge in [-0.15, -0.1) is 0 Å². The third-order valence-electron chi connectivity index (χ3n) is 2.64. The van der Waals surface area contributed by atoms with Crippen LogP contribution in [0.2, 0.25) is 0 Å². The van der Waals surface area contributed by atoms with Crippen LogP contribution in [0.4, 0.5) is 16.2 Å². The summed E-state index contributed by atoms with van der Waals surface area (Å²) in [6.45, 7) is 5.99. The van der Waals surface area contributed by atoms with Gasteiger partial charge in [-0.2, -0.15) is 0 Å². The lowest BCUT2D eigenvalue weighted by molar-refractivity contribution is 0.0636. The summed E-state index contributed by atoms with van der Waals surface area (Å²) in [7, 11) is 0. The van der Waals surface area contributed by atoms with Crippen molar-refractivity contribution in [1.82, 2.24) is 0 Å². The number of carbonyl (C=O) groups is 1. The van der Waals surface area contributed by atoms with E-state index in [0.717, 1.165) is 11.4 Å². The standard InChI is InChI=1S/C16H19BrN2O3/c1-16(2,3)22-15(20)19-13-7-5-4-6-12(13)18-10-11-8-9-14(17)21-11/h4-9,18H,10H2,1-3H3,(H,19,20). The van der Waals surface area contributed by atoms with Crippen molar-refractivity contribution in [1.29, 1.82) is 0 Å². The molecule has 1 amide bonds. The van der Waals surface area contributed by atoms with Crippen molar-refractivity contribution in [3.63, 3.8) is 0 Å². The van der Waals surface area contributed by atoms with Gasteiger partial charge in [-0.25, -0.2) is 4.79 Å². The molecule has 0 saturated carbocycles. The van der Waals surface area contributed by atoms with Crippen LogP contribution < -0.4 is 10.6 Å². The molecule has 1 aromatic heterocycles. The van der Waals surface area contributed by atoms with Crippen LogP contribution in [0.25, 0.3) is 0 Å². The average Bonchev–Trinajstić information content (AvgIpc) is 2.81. The normalized spacial score (nSPS) is 11.1. The monoisotopic (exact) mass is 366 g/mol. The van der Waals surface area contributed by atoms with Crippen LogP contribution in [0.3, 0.4) is 0 Å². The van der Waals surface area contributed by atoms with Gasteiger partial charge in [-0.05, 0) is 61.0 Å². The summed E-state index contributed by atoms with van der Waals surface area (Å²) in [5.74, 6) is 0.791.